The largest absolute Gasteiger partial charge is 0.480 e. The maximum absolute atomic E-state index is 15.5. The number of halogens is 4. The predicted molar refractivity (Wildman–Crippen MR) is 131 cm³/mol. The van der Waals surface area contributed by atoms with E-state index in [1.807, 2.05) is 0 Å². The van der Waals surface area contributed by atoms with Gasteiger partial charge < -0.3 is 9.72 Å². The molecule has 9 nitrogen and oxygen atoms in total. The molecule has 3 heterocycles. The summed E-state index contributed by atoms with van der Waals surface area (Å²) in [5.74, 6) is -1.50. The lowest BCUT2D eigenvalue weighted by atomic mass is 10.0. The summed E-state index contributed by atoms with van der Waals surface area (Å²) in [5, 5.41) is 6.77. The molecule has 0 atom stereocenters. The van der Waals surface area contributed by atoms with Crippen LogP contribution in [0, 0.1) is 11.6 Å². The molecule has 3 N–H and O–H groups in total. The number of imidazole rings is 1. The van der Waals surface area contributed by atoms with Crippen LogP contribution in [-0.2, 0) is 10.0 Å². The average Bonchev–Trinajstić information content (AvgIpc) is 3.52. The zero-order valence-electron chi connectivity index (χ0n) is 18.1. The third-order valence-corrected chi connectivity index (χ3v) is 7.23. The zero-order valence-corrected chi connectivity index (χ0v) is 20.4. The van der Waals surface area contributed by atoms with E-state index in [1.54, 1.807) is 6.20 Å². The molecule has 0 aliphatic carbocycles. The van der Waals surface area contributed by atoms with E-state index < -0.39 is 21.7 Å². The molecule has 5 rings (SSSR count). The molecule has 0 saturated carbocycles. The highest BCUT2D eigenvalue weighted by atomic mass is 35.5. The van der Waals surface area contributed by atoms with Gasteiger partial charge in [-0.25, -0.2) is 27.2 Å². The molecule has 0 saturated heterocycles. The summed E-state index contributed by atoms with van der Waals surface area (Å²) in [5.41, 5.74) is -0.382. The lowest BCUT2D eigenvalue weighted by Gasteiger charge is -2.15. The molecule has 36 heavy (non-hydrogen) atoms. The molecule has 14 heteroatoms. The molecule has 3 aromatic heterocycles. The Morgan fingerprint density at radius 3 is 2.64 bits per heavy atom. The van der Waals surface area contributed by atoms with Gasteiger partial charge >= 0.3 is 0 Å². The zero-order chi connectivity index (χ0) is 25.6. The molecule has 0 fully saturated rings. The summed E-state index contributed by atoms with van der Waals surface area (Å²) in [6.07, 6.45) is 4.34. The molecule has 0 spiro atoms. The van der Waals surface area contributed by atoms with Crippen molar-refractivity contribution in [3.05, 3.63) is 70.6 Å². The van der Waals surface area contributed by atoms with E-state index in [9.17, 15) is 12.8 Å². The van der Waals surface area contributed by atoms with Gasteiger partial charge in [-0.1, -0.05) is 29.3 Å². The molecular formula is C22H14Cl2F2N6O3S. The number of pyridine rings is 1. The van der Waals surface area contributed by atoms with Crippen molar-refractivity contribution in [3.63, 3.8) is 0 Å². The van der Waals surface area contributed by atoms with Crippen molar-refractivity contribution < 1.29 is 21.9 Å². The molecule has 0 unspecified atom stereocenters. The van der Waals surface area contributed by atoms with E-state index in [1.165, 1.54) is 31.6 Å². The number of nitrogens with zero attached hydrogens (tertiary/aromatic N) is 3. The Kier molecular flexibility index (Phi) is 6.02. The van der Waals surface area contributed by atoms with Crippen molar-refractivity contribution in [2.75, 3.05) is 11.8 Å². The molecule has 0 aliphatic heterocycles. The lowest BCUT2D eigenvalue weighted by Crippen LogP contribution is -2.15. The second kappa shape index (κ2) is 9.04. The second-order valence-corrected chi connectivity index (χ2v) is 9.88. The van der Waals surface area contributed by atoms with Gasteiger partial charge in [-0.05, 0) is 24.3 Å². The number of hydrogen-bond donors (Lipinski definition) is 3. The Morgan fingerprint density at radius 1 is 1.11 bits per heavy atom. The monoisotopic (exact) mass is 550 g/mol. The first-order valence-electron chi connectivity index (χ1n) is 10.1. The maximum atomic E-state index is 15.5. The number of ether oxygens (including phenoxy) is 1. The second-order valence-electron chi connectivity index (χ2n) is 7.41. The first-order valence-corrected chi connectivity index (χ1v) is 12.3. The number of rotatable bonds is 6. The van der Waals surface area contributed by atoms with Crippen LogP contribution in [0.3, 0.4) is 0 Å². The molecule has 0 bridgehead atoms. The van der Waals surface area contributed by atoms with Gasteiger partial charge in [0, 0.05) is 35.1 Å². The third kappa shape index (κ3) is 4.02. The summed E-state index contributed by atoms with van der Waals surface area (Å²) in [6.45, 7) is 0. The van der Waals surface area contributed by atoms with Crippen LogP contribution in [0.15, 0.2) is 53.8 Å². The number of sulfonamides is 1. The van der Waals surface area contributed by atoms with Crippen LogP contribution in [0.4, 0.5) is 14.5 Å². The summed E-state index contributed by atoms with van der Waals surface area (Å²) in [6, 6.07) is 6.08. The van der Waals surface area contributed by atoms with Crippen molar-refractivity contribution in [3.8, 4) is 28.5 Å². The number of methoxy groups -OCH3 is 1. The van der Waals surface area contributed by atoms with Crippen molar-refractivity contribution in [1.82, 2.24) is 25.1 Å². The number of benzene rings is 2. The van der Waals surface area contributed by atoms with E-state index >= 15 is 4.39 Å². The summed E-state index contributed by atoms with van der Waals surface area (Å²) in [4.78, 5) is 10.5. The minimum absolute atomic E-state index is 0.00455. The van der Waals surface area contributed by atoms with Gasteiger partial charge in [0.25, 0.3) is 10.0 Å². The highest BCUT2D eigenvalue weighted by Crippen LogP contribution is 2.40. The van der Waals surface area contributed by atoms with Gasteiger partial charge in [0.2, 0.25) is 5.88 Å². The standard InChI is InChI=1S/C22H14Cl2F2N6O3S/c1-35-22-15(8-10(23)9-29-22)36(33,34)32-14-5-4-13(25)16(17(14)24)11-2-3-12-19(18(11)26)30-31-20(12)21-27-6-7-28-21/h2-9,32H,1H3,(H,27,28)(H,30,31). The minimum Gasteiger partial charge on any atom is -0.480 e. The van der Waals surface area contributed by atoms with Crippen LogP contribution < -0.4 is 9.46 Å². The summed E-state index contributed by atoms with van der Waals surface area (Å²) < 4.78 is 63.8. The summed E-state index contributed by atoms with van der Waals surface area (Å²) in [7, 11) is -3.09. The number of aromatic amines is 2. The van der Waals surface area contributed by atoms with Gasteiger partial charge in [0.05, 0.1) is 22.8 Å². The molecule has 0 amide bonds. The quantitative estimate of drug-likeness (QED) is 0.259. The van der Waals surface area contributed by atoms with Crippen LogP contribution in [0.1, 0.15) is 0 Å². The molecular weight excluding hydrogens is 537 g/mol. The van der Waals surface area contributed by atoms with E-state index in [4.69, 9.17) is 27.9 Å². The first-order chi connectivity index (χ1) is 17.2. The summed E-state index contributed by atoms with van der Waals surface area (Å²) >= 11 is 12.3. The topological polar surface area (TPSA) is 126 Å². The van der Waals surface area contributed by atoms with Crippen LogP contribution in [0.5, 0.6) is 5.88 Å². The van der Waals surface area contributed by atoms with E-state index in [2.05, 4.69) is 29.9 Å². The SMILES string of the molecule is COc1ncc(Cl)cc1S(=O)(=O)Nc1ccc(F)c(-c2ccc3c(-c4ncc[nH]4)n[nH]c3c2F)c1Cl. The van der Waals surface area contributed by atoms with Crippen molar-refractivity contribution in [1.29, 1.82) is 0 Å². The number of H-pyrrole nitrogens is 2. The molecule has 184 valence electrons. The minimum atomic E-state index is -4.33. The fourth-order valence-corrected chi connectivity index (χ4v) is 5.45. The molecule has 0 aliphatic rings. The normalized spacial score (nSPS) is 11.7. The number of nitrogens with one attached hydrogen (secondary N) is 3. The van der Waals surface area contributed by atoms with Gasteiger partial charge in [-0.15, -0.1) is 0 Å². The number of fused-ring (bicyclic) bond motifs is 1. The Bertz CT molecular complexity index is 1730. The number of anilines is 1. The molecule has 5 aromatic rings. The Hall–Kier alpha value is -3.74. The van der Waals surface area contributed by atoms with Crippen molar-refractivity contribution in [2.45, 2.75) is 4.90 Å². The average molecular weight is 551 g/mol. The fourth-order valence-electron chi connectivity index (χ4n) is 3.66. The predicted octanol–water partition coefficient (Wildman–Crippen LogP) is 5.41. The third-order valence-electron chi connectivity index (χ3n) is 5.27. The van der Waals surface area contributed by atoms with Crippen molar-refractivity contribution in [2.24, 2.45) is 0 Å². The van der Waals surface area contributed by atoms with Gasteiger partial charge in [-0.3, -0.25) is 9.82 Å². The van der Waals surface area contributed by atoms with E-state index in [-0.39, 0.29) is 43.2 Å². The smallest absolute Gasteiger partial charge is 0.267 e. The Balaban J connectivity index is 1.60. The Morgan fingerprint density at radius 2 is 1.92 bits per heavy atom. The molecule has 0 radical (unpaired) electrons. The number of hydrogen-bond acceptors (Lipinski definition) is 6. The number of aromatic nitrogens is 5. The van der Waals surface area contributed by atoms with Crippen LogP contribution in [0.25, 0.3) is 33.5 Å². The highest BCUT2D eigenvalue weighted by molar-refractivity contribution is 7.92. The van der Waals surface area contributed by atoms with Gasteiger partial charge in [0.15, 0.2) is 16.5 Å². The van der Waals surface area contributed by atoms with Crippen molar-refractivity contribution >= 4 is 49.8 Å². The van der Waals surface area contributed by atoms with Gasteiger partial charge in [-0.2, -0.15) is 5.10 Å². The molecule has 2 aromatic carbocycles. The highest BCUT2D eigenvalue weighted by Gasteiger charge is 2.26. The van der Waals surface area contributed by atoms with Gasteiger partial charge in [0.1, 0.15) is 17.0 Å². The van der Waals surface area contributed by atoms with E-state index in [0.717, 1.165) is 18.2 Å². The first kappa shape index (κ1) is 24.0. The maximum Gasteiger partial charge on any atom is 0.267 e. The van der Waals surface area contributed by atoms with Crippen LogP contribution >= 0.6 is 23.2 Å². The van der Waals surface area contributed by atoms with Crippen LogP contribution in [0.2, 0.25) is 10.0 Å². The lowest BCUT2D eigenvalue weighted by molar-refractivity contribution is 0.385. The van der Waals surface area contributed by atoms with E-state index in [0.29, 0.717) is 16.9 Å². The fraction of sp³-hybridized carbons (Fsp3) is 0.0455. The van der Waals surface area contributed by atoms with Crippen LogP contribution in [-0.4, -0.2) is 40.7 Å². The Labute approximate surface area is 212 Å².